The summed E-state index contributed by atoms with van der Waals surface area (Å²) in [5.74, 6) is 3.46. The minimum absolute atomic E-state index is 0.427. The number of aromatic nitrogens is 2. The number of para-hydroxylation sites is 1. The molecule has 1 N–H and O–H groups in total. The Hall–Kier alpha value is -2.10. The average molecular weight is 307 g/mol. The number of anilines is 1. The molecule has 2 aromatic heterocycles. The molecule has 2 heterocycles. The fourth-order valence-corrected chi connectivity index (χ4v) is 4.86. The Kier molecular flexibility index (Phi) is 2.87. The number of hydrogen-bond acceptors (Lipinski definition) is 4. The maximum absolute atomic E-state index is 6.02. The third-order valence-electron chi connectivity index (χ3n) is 5.96. The van der Waals surface area contributed by atoms with Crippen LogP contribution in [-0.2, 0) is 0 Å². The molecule has 5 rings (SSSR count). The van der Waals surface area contributed by atoms with Crippen molar-refractivity contribution >= 4 is 27.9 Å². The third kappa shape index (κ3) is 2.04. The van der Waals surface area contributed by atoms with E-state index in [1.54, 1.807) is 6.33 Å². The van der Waals surface area contributed by atoms with Crippen molar-refractivity contribution < 1.29 is 4.42 Å². The van der Waals surface area contributed by atoms with Gasteiger partial charge in [0.05, 0.1) is 0 Å². The molecule has 2 fully saturated rings. The van der Waals surface area contributed by atoms with Gasteiger partial charge in [-0.1, -0.05) is 18.6 Å². The van der Waals surface area contributed by atoms with Gasteiger partial charge >= 0.3 is 0 Å². The van der Waals surface area contributed by atoms with Gasteiger partial charge in [-0.05, 0) is 56.1 Å². The maximum Gasteiger partial charge on any atom is 0.196 e. The maximum atomic E-state index is 6.02. The standard InChI is InChI=1S/C19H21N3O/c1-11(15-9-12-6-7-13(15)8-12)22-19-18-17(20-10-21-19)14-4-2-3-5-16(14)23-18/h2-5,10-13,15H,6-9H2,1H3,(H,20,21,22)/t11-,12-,13+,15+/m1/s1. The molecule has 1 aromatic carbocycles. The minimum atomic E-state index is 0.427. The van der Waals surface area contributed by atoms with Crippen molar-refractivity contribution in [3.63, 3.8) is 0 Å². The number of rotatable bonds is 3. The van der Waals surface area contributed by atoms with Crippen molar-refractivity contribution in [3.05, 3.63) is 30.6 Å². The highest BCUT2D eigenvalue weighted by Crippen LogP contribution is 2.50. The van der Waals surface area contributed by atoms with E-state index in [4.69, 9.17) is 4.42 Å². The average Bonchev–Trinajstić information content (AvgIpc) is 3.28. The van der Waals surface area contributed by atoms with Gasteiger partial charge in [0.2, 0.25) is 0 Å². The van der Waals surface area contributed by atoms with Crippen LogP contribution in [-0.4, -0.2) is 16.0 Å². The summed E-state index contributed by atoms with van der Waals surface area (Å²) >= 11 is 0. The van der Waals surface area contributed by atoms with E-state index in [0.29, 0.717) is 6.04 Å². The van der Waals surface area contributed by atoms with Crippen LogP contribution in [0.3, 0.4) is 0 Å². The Morgan fingerprint density at radius 3 is 2.91 bits per heavy atom. The summed E-state index contributed by atoms with van der Waals surface area (Å²) in [6, 6.07) is 8.47. The number of nitrogens with one attached hydrogen (secondary N) is 1. The first-order valence-electron chi connectivity index (χ1n) is 8.68. The molecule has 118 valence electrons. The number of hydrogen-bond donors (Lipinski definition) is 1. The number of nitrogens with zero attached hydrogens (tertiary/aromatic N) is 2. The van der Waals surface area contributed by atoms with Gasteiger partial charge in [0, 0.05) is 11.4 Å². The summed E-state index contributed by atoms with van der Waals surface area (Å²) in [5.41, 5.74) is 2.56. The van der Waals surface area contributed by atoms with E-state index in [-0.39, 0.29) is 0 Å². The summed E-state index contributed by atoms with van der Waals surface area (Å²) in [7, 11) is 0. The lowest BCUT2D eigenvalue weighted by molar-refractivity contribution is 0.304. The normalized spacial score (nSPS) is 27.8. The molecule has 3 aromatic rings. The van der Waals surface area contributed by atoms with Crippen molar-refractivity contribution in [2.75, 3.05) is 5.32 Å². The zero-order chi connectivity index (χ0) is 15.4. The summed E-state index contributed by atoms with van der Waals surface area (Å²) in [6.45, 7) is 2.29. The third-order valence-corrected chi connectivity index (χ3v) is 5.96. The zero-order valence-electron chi connectivity index (χ0n) is 13.3. The first-order valence-corrected chi connectivity index (χ1v) is 8.68. The number of fused-ring (bicyclic) bond motifs is 5. The van der Waals surface area contributed by atoms with Gasteiger partial charge in [0.1, 0.15) is 17.4 Å². The second-order valence-electron chi connectivity index (χ2n) is 7.27. The second kappa shape index (κ2) is 4.95. The summed E-state index contributed by atoms with van der Waals surface area (Å²) in [6.07, 6.45) is 7.29. The second-order valence-corrected chi connectivity index (χ2v) is 7.27. The predicted molar refractivity (Wildman–Crippen MR) is 91.3 cm³/mol. The van der Waals surface area contributed by atoms with Gasteiger partial charge in [-0.15, -0.1) is 0 Å². The quantitative estimate of drug-likeness (QED) is 0.767. The topological polar surface area (TPSA) is 51.0 Å². The number of benzene rings is 1. The Morgan fingerprint density at radius 1 is 1.17 bits per heavy atom. The molecule has 2 bridgehead atoms. The van der Waals surface area contributed by atoms with Gasteiger partial charge in [-0.25, -0.2) is 9.97 Å². The molecule has 23 heavy (non-hydrogen) atoms. The molecule has 0 amide bonds. The fraction of sp³-hybridized carbons (Fsp3) is 0.474. The van der Waals surface area contributed by atoms with Crippen LogP contribution < -0.4 is 5.32 Å². The highest BCUT2D eigenvalue weighted by molar-refractivity contribution is 6.05. The van der Waals surface area contributed by atoms with Crippen LogP contribution in [0.5, 0.6) is 0 Å². The zero-order valence-corrected chi connectivity index (χ0v) is 13.3. The van der Waals surface area contributed by atoms with Crippen LogP contribution in [0.4, 0.5) is 5.82 Å². The molecular weight excluding hydrogens is 286 g/mol. The molecule has 2 saturated carbocycles. The predicted octanol–water partition coefficient (Wildman–Crippen LogP) is 4.61. The largest absolute Gasteiger partial charge is 0.450 e. The Balaban J connectivity index is 1.50. The Bertz CT molecular complexity index is 871. The van der Waals surface area contributed by atoms with E-state index >= 15 is 0 Å². The van der Waals surface area contributed by atoms with E-state index in [1.807, 2.05) is 18.2 Å². The first kappa shape index (κ1) is 13.3. The molecule has 4 heteroatoms. The summed E-state index contributed by atoms with van der Waals surface area (Å²) < 4.78 is 6.02. The molecule has 0 unspecified atom stereocenters. The van der Waals surface area contributed by atoms with Crippen LogP contribution >= 0.6 is 0 Å². The lowest BCUT2D eigenvalue weighted by Crippen LogP contribution is -2.30. The minimum Gasteiger partial charge on any atom is -0.450 e. The van der Waals surface area contributed by atoms with Gasteiger partial charge in [-0.3, -0.25) is 0 Å². The lowest BCUT2D eigenvalue weighted by atomic mass is 9.84. The summed E-state index contributed by atoms with van der Waals surface area (Å²) in [4.78, 5) is 8.89. The van der Waals surface area contributed by atoms with Crippen LogP contribution in [0.15, 0.2) is 35.0 Å². The van der Waals surface area contributed by atoms with Gasteiger partial charge < -0.3 is 9.73 Å². The van der Waals surface area contributed by atoms with E-state index in [2.05, 4.69) is 28.3 Å². The highest BCUT2D eigenvalue weighted by atomic mass is 16.3. The molecule has 2 aliphatic carbocycles. The molecule has 0 aliphatic heterocycles. The van der Waals surface area contributed by atoms with Crippen LogP contribution in [0, 0.1) is 17.8 Å². The van der Waals surface area contributed by atoms with Crippen molar-refractivity contribution in [1.29, 1.82) is 0 Å². The van der Waals surface area contributed by atoms with Crippen LogP contribution in [0.1, 0.15) is 32.6 Å². The van der Waals surface area contributed by atoms with Crippen molar-refractivity contribution in [2.24, 2.45) is 17.8 Å². The highest BCUT2D eigenvalue weighted by Gasteiger charge is 2.42. The molecule has 4 atom stereocenters. The Morgan fingerprint density at radius 2 is 2.09 bits per heavy atom. The van der Waals surface area contributed by atoms with E-state index < -0.39 is 0 Å². The monoisotopic (exact) mass is 307 g/mol. The molecule has 0 saturated heterocycles. The van der Waals surface area contributed by atoms with Gasteiger partial charge in [0.25, 0.3) is 0 Å². The first-order chi connectivity index (χ1) is 11.3. The summed E-state index contributed by atoms with van der Waals surface area (Å²) in [5, 5.41) is 4.68. The fourth-order valence-electron chi connectivity index (χ4n) is 4.86. The SMILES string of the molecule is C[C@@H](Nc1ncnc2c1oc1ccccc12)[C@@H]1C[C@@H]2CC[C@H]1C2. The number of furan rings is 1. The molecule has 0 radical (unpaired) electrons. The lowest BCUT2D eigenvalue weighted by Gasteiger charge is -2.28. The van der Waals surface area contributed by atoms with E-state index in [0.717, 1.165) is 45.6 Å². The molecule has 4 nitrogen and oxygen atoms in total. The molecule has 0 spiro atoms. The Labute approximate surface area is 135 Å². The van der Waals surface area contributed by atoms with E-state index in [9.17, 15) is 0 Å². The smallest absolute Gasteiger partial charge is 0.196 e. The van der Waals surface area contributed by atoms with E-state index in [1.165, 1.54) is 25.7 Å². The van der Waals surface area contributed by atoms with Crippen LogP contribution in [0.25, 0.3) is 22.1 Å². The van der Waals surface area contributed by atoms with Crippen molar-refractivity contribution in [2.45, 2.75) is 38.6 Å². The molecule has 2 aliphatic rings. The van der Waals surface area contributed by atoms with Crippen molar-refractivity contribution in [1.82, 2.24) is 9.97 Å². The van der Waals surface area contributed by atoms with Crippen LogP contribution in [0.2, 0.25) is 0 Å². The van der Waals surface area contributed by atoms with Gasteiger partial charge in [0.15, 0.2) is 11.4 Å². The van der Waals surface area contributed by atoms with Crippen molar-refractivity contribution in [3.8, 4) is 0 Å². The van der Waals surface area contributed by atoms with Gasteiger partial charge in [-0.2, -0.15) is 0 Å². The molecular formula is C19H21N3O.